The second-order valence-corrected chi connectivity index (χ2v) is 7.32. The first kappa shape index (κ1) is 17.1. The molecule has 0 spiro atoms. The first-order valence-corrected chi connectivity index (χ1v) is 9.31. The van der Waals surface area contributed by atoms with Crippen molar-refractivity contribution in [3.8, 4) is 17.3 Å². The zero-order valence-electron chi connectivity index (χ0n) is 15.0. The Morgan fingerprint density at radius 1 is 1.11 bits per heavy atom. The first-order valence-electron chi connectivity index (χ1n) is 8.49. The summed E-state index contributed by atoms with van der Waals surface area (Å²) in [5.41, 5.74) is 4.85. The molecule has 0 aliphatic heterocycles. The average Bonchev–Trinajstić information content (AvgIpc) is 3.25. The van der Waals surface area contributed by atoms with E-state index in [9.17, 15) is 0 Å². The Morgan fingerprint density at radius 3 is 2.48 bits per heavy atom. The third-order valence-corrected chi connectivity index (χ3v) is 5.13. The van der Waals surface area contributed by atoms with Crippen LogP contribution in [0.4, 0.5) is 10.8 Å². The van der Waals surface area contributed by atoms with Crippen LogP contribution in [0.5, 0.6) is 0 Å². The van der Waals surface area contributed by atoms with Crippen LogP contribution in [0.25, 0.3) is 16.2 Å². The third kappa shape index (κ3) is 3.61. The Balaban J connectivity index is 1.46. The number of nitriles is 1. The number of nitrogens with one attached hydrogen (secondary N) is 1. The number of nitrogens with zero attached hydrogens (tertiary/aromatic N) is 5. The molecule has 0 aliphatic rings. The van der Waals surface area contributed by atoms with Crippen LogP contribution in [-0.4, -0.2) is 28.7 Å². The van der Waals surface area contributed by atoms with E-state index in [0.29, 0.717) is 12.1 Å². The van der Waals surface area contributed by atoms with Gasteiger partial charge in [0.2, 0.25) is 10.1 Å². The SMILES string of the molecule is CN(C)c1ccc(CNc2nn3cc(-c4ccc(C#N)cc4)nc3s2)cc1. The monoisotopic (exact) mass is 374 g/mol. The molecular weight excluding hydrogens is 356 g/mol. The van der Waals surface area contributed by atoms with Crippen LogP contribution < -0.4 is 10.2 Å². The van der Waals surface area contributed by atoms with Crippen LogP contribution in [0.1, 0.15) is 11.1 Å². The normalized spacial score (nSPS) is 10.7. The fourth-order valence-electron chi connectivity index (χ4n) is 2.72. The topological polar surface area (TPSA) is 69.2 Å². The van der Waals surface area contributed by atoms with Gasteiger partial charge in [0.15, 0.2) is 0 Å². The van der Waals surface area contributed by atoms with E-state index in [4.69, 9.17) is 5.26 Å². The minimum absolute atomic E-state index is 0.642. The summed E-state index contributed by atoms with van der Waals surface area (Å²) in [5, 5.41) is 17.6. The predicted molar refractivity (Wildman–Crippen MR) is 109 cm³/mol. The van der Waals surface area contributed by atoms with Crippen molar-refractivity contribution in [2.24, 2.45) is 0 Å². The van der Waals surface area contributed by atoms with Gasteiger partial charge in [-0.1, -0.05) is 35.6 Å². The number of benzene rings is 2. The number of aromatic nitrogens is 3. The maximum atomic E-state index is 8.89. The Bertz CT molecular complexity index is 1070. The highest BCUT2D eigenvalue weighted by Crippen LogP contribution is 2.25. The molecule has 0 saturated heterocycles. The number of rotatable bonds is 5. The molecule has 0 amide bonds. The van der Waals surface area contributed by atoms with E-state index < -0.39 is 0 Å². The van der Waals surface area contributed by atoms with Gasteiger partial charge in [0, 0.05) is 31.9 Å². The molecule has 2 aromatic carbocycles. The van der Waals surface area contributed by atoms with E-state index in [1.54, 1.807) is 16.6 Å². The number of fused-ring (bicyclic) bond motifs is 1. The molecule has 0 radical (unpaired) electrons. The summed E-state index contributed by atoms with van der Waals surface area (Å²) in [6.07, 6.45) is 1.91. The molecule has 6 nitrogen and oxygen atoms in total. The number of imidazole rings is 1. The van der Waals surface area contributed by atoms with Gasteiger partial charge < -0.3 is 10.2 Å². The van der Waals surface area contributed by atoms with Gasteiger partial charge in [-0.25, -0.2) is 9.50 Å². The summed E-state index contributed by atoms with van der Waals surface area (Å²) < 4.78 is 1.79. The number of hydrogen-bond acceptors (Lipinski definition) is 6. The van der Waals surface area contributed by atoms with E-state index in [1.807, 2.05) is 32.4 Å². The Hall–Kier alpha value is -3.37. The largest absolute Gasteiger partial charge is 0.378 e. The third-order valence-electron chi connectivity index (χ3n) is 4.25. The van der Waals surface area contributed by atoms with Crippen molar-refractivity contribution in [2.45, 2.75) is 6.54 Å². The molecule has 2 aromatic heterocycles. The Kier molecular flexibility index (Phi) is 4.48. The summed E-state index contributed by atoms with van der Waals surface area (Å²) in [6.45, 7) is 0.715. The van der Waals surface area contributed by atoms with Crippen molar-refractivity contribution in [3.63, 3.8) is 0 Å². The second kappa shape index (κ2) is 7.09. The smallest absolute Gasteiger partial charge is 0.214 e. The van der Waals surface area contributed by atoms with E-state index in [1.165, 1.54) is 22.6 Å². The maximum absolute atomic E-state index is 8.89. The summed E-state index contributed by atoms with van der Waals surface area (Å²) in [6, 6.07) is 18.0. The van der Waals surface area contributed by atoms with Crippen molar-refractivity contribution in [1.82, 2.24) is 14.6 Å². The highest BCUT2D eigenvalue weighted by atomic mass is 32.1. The Labute approximate surface area is 161 Å². The second-order valence-electron chi connectivity index (χ2n) is 6.36. The minimum Gasteiger partial charge on any atom is -0.378 e. The lowest BCUT2D eigenvalue weighted by Crippen LogP contribution is -2.08. The standard InChI is InChI=1S/C20H18N6S/c1-25(2)17-9-5-15(6-10-17)12-22-19-24-26-13-18(23-20(26)27-19)16-7-3-14(11-21)4-8-16/h3-10,13H,12H2,1-2H3,(H,22,24). The van der Waals surface area contributed by atoms with Gasteiger partial charge in [0.25, 0.3) is 0 Å². The zero-order chi connectivity index (χ0) is 18.8. The number of anilines is 2. The van der Waals surface area contributed by atoms with Crippen LogP contribution in [0.3, 0.4) is 0 Å². The fourth-order valence-corrected chi connectivity index (χ4v) is 3.49. The van der Waals surface area contributed by atoms with Gasteiger partial charge in [-0.2, -0.15) is 5.26 Å². The lowest BCUT2D eigenvalue weighted by molar-refractivity contribution is 0.962. The summed E-state index contributed by atoms with van der Waals surface area (Å²) in [5.74, 6) is 0. The van der Waals surface area contributed by atoms with Crippen molar-refractivity contribution >= 4 is 27.1 Å². The fraction of sp³-hybridized carbons (Fsp3) is 0.150. The molecule has 4 rings (SSSR count). The quantitative estimate of drug-likeness (QED) is 0.572. The zero-order valence-corrected chi connectivity index (χ0v) is 15.9. The van der Waals surface area contributed by atoms with Crippen molar-refractivity contribution in [2.75, 3.05) is 24.3 Å². The maximum Gasteiger partial charge on any atom is 0.214 e. The first-order chi connectivity index (χ1) is 13.1. The van der Waals surface area contributed by atoms with Gasteiger partial charge in [0.1, 0.15) is 0 Å². The molecule has 0 fully saturated rings. The molecule has 0 unspecified atom stereocenters. The highest BCUT2D eigenvalue weighted by molar-refractivity contribution is 7.20. The van der Waals surface area contributed by atoms with Gasteiger partial charge in [-0.3, -0.25) is 0 Å². The van der Waals surface area contributed by atoms with E-state index in [2.05, 4.69) is 50.6 Å². The van der Waals surface area contributed by atoms with Crippen LogP contribution in [0.2, 0.25) is 0 Å². The lowest BCUT2D eigenvalue weighted by atomic mass is 10.1. The van der Waals surface area contributed by atoms with E-state index >= 15 is 0 Å². The molecule has 134 valence electrons. The molecule has 0 aliphatic carbocycles. The highest BCUT2D eigenvalue weighted by Gasteiger charge is 2.10. The summed E-state index contributed by atoms with van der Waals surface area (Å²) in [7, 11) is 4.06. The summed E-state index contributed by atoms with van der Waals surface area (Å²) >= 11 is 1.52. The molecule has 27 heavy (non-hydrogen) atoms. The molecule has 0 atom stereocenters. The molecule has 0 saturated carbocycles. The lowest BCUT2D eigenvalue weighted by Gasteiger charge is -2.12. The van der Waals surface area contributed by atoms with Gasteiger partial charge >= 0.3 is 0 Å². The van der Waals surface area contributed by atoms with Crippen molar-refractivity contribution in [3.05, 3.63) is 65.9 Å². The van der Waals surface area contributed by atoms with Gasteiger partial charge in [-0.15, -0.1) is 5.10 Å². The predicted octanol–water partition coefficient (Wildman–Crippen LogP) is 4.01. The number of hydrogen-bond donors (Lipinski definition) is 1. The van der Waals surface area contributed by atoms with Gasteiger partial charge in [0.05, 0.1) is 23.5 Å². The van der Waals surface area contributed by atoms with Crippen LogP contribution >= 0.6 is 11.3 Å². The van der Waals surface area contributed by atoms with E-state index in [0.717, 1.165) is 21.3 Å². The van der Waals surface area contributed by atoms with Crippen LogP contribution in [0, 0.1) is 11.3 Å². The van der Waals surface area contributed by atoms with E-state index in [-0.39, 0.29) is 0 Å². The van der Waals surface area contributed by atoms with Crippen LogP contribution in [0.15, 0.2) is 54.7 Å². The molecule has 0 bridgehead atoms. The molecular formula is C20H18N6S. The molecule has 7 heteroatoms. The average molecular weight is 374 g/mol. The Morgan fingerprint density at radius 2 is 1.85 bits per heavy atom. The minimum atomic E-state index is 0.642. The van der Waals surface area contributed by atoms with Crippen molar-refractivity contribution in [1.29, 1.82) is 5.26 Å². The van der Waals surface area contributed by atoms with Gasteiger partial charge in [-0.05, 0) is 29.8 Å². The molecule has 4 aromatic rings. The van der Waals surface area contributed by atoms with Crippen LogP contribution in [-0.2, 0) is 6.54 Å². The molecule has 1 N–H and O–H groups in total. The molecule has 2 heterocycles. The summed E-state index contributed by atoms with van der Waals surface area (Å²) in [4.78, 5) is 7.55. The van der Waals surface area contributed by atoms with Crippen molar-refractivity contribution < 1.29 is 0 Å².